The zero-order chi connectivity index (χ0) is 20.1. The van der Waals surface area contributed by atoms with Crippen LogP contribution in [0.25, 0.3) is 11.4 Å². The SMILES string of the molecule is CCn1c(SCC(=O)Nc2ccc(OC)c(Cl)c2)nnc1-c1ccccc1Cl. The van der Waals surface area contributed by atoms with E-state index in [4.69, 9.17) is 27.9 Å². The van der Waals surface area contributed by atoms with Gasteiger partial charge in [-0.3, -0.25) is 4.79 Å². The molecule has 0 saturated heterocycles. The van der Waals surface area contributed by atoms with Crippen LogP contribution in [0.5, 0.6) is 5.75 Å². The Morgan fingerprint density at radius 2 is 1.96 bits per heavy atom. The van der Waals surface area contributed by atoms with Crippen molar-refractivity contribution in [2.75, 3.05) is 18.2 Å². The molecule has 146 valence electrons. The lowest BCUT2D eigenvalue weighted by Gasteiger charge is -2.09. The summed E-state index contributed by atoms with van der Waals surface area (Å²) in [6.45, 7) is 2.65. The molecule has 3 rings (SSSR count). The van der Waals surface area contributed by atoms with Gasteiger partial charge in [-0.2, -0.15) is 0 Å². The number of aromatic nitrogens is 3. The summed E-state index contributed by atoms with van der Waals surface area (Å²) in [7, 11) is 1.54. The number of methoxy groups -OCH3 is 1. The molecule has 0 unspecified atom stereocenters. The Kier molecular flexibility index (Phi) is 6.83. The number of ether oxygens (including phenoxy) is 1. The zero-order valence-corrected chi connectivity index (χ0v) is 17.6. The summed E-state index contributed by atoms with van der Waals surface area (Å²) in [5.74, 6) is 1.25. The Balaban J connectivity index is 1.68. The largest absolute Gasteiger partial charge is 0.495 e. The summed E-state index contributed by atoms with van der Waals surface area (Å²) < 4.78 is 7.04. The Morgan fingerprint density at radius 1 is 1.18 bits per heavy atom. The summed E-state index contributed by atoms with van der Waals surface area (Å²) in [5, 5.41) is 13.0. The number of nitrogens with one attached hydrogen (secondary N) is 1. The highest BCUT2D eigenvalue weighted by atomic mass is 35.5. The fourth-order valence-electron chi connectivity index (χ4n) is 2.59. The van der Waals surface area contributed by atoms with E-state index in [1.807, 2.05) is 35.8 Å². The van der Waals surface area contributed by atoms with Gasteiger partial charge in [0.05, 0.1) is 22.9 Å². The van der Waals surface area contributed by atoms with Gasteiger partial charge in [-0.25, -0.2) is 0 Å². The first-order valence-electron chi connectivity index (χ1n) is 8.47. The van der Waals surface area contributed by atoms with Crippen LogP contribution in [0.2, 0.25) is 10.0 Å². The van der Waals surface area contributed by atoms with E-state index in [1.165, 1.54) is 18.9 Å². The smallest absolute Gasteiger partial charge is 0.234 e. The normalized spacial score (nSPS) is 10.7. The van der Waals surface area contributed by atoms with E-state index in [1.54, 1.807) is 18.2 Å². The number of benzene rings is 2. The van der Waals surface area contributed by atoms with Crippen LogP contribution in [0.3, 0.4) is 0 Å². The number of halogens is 2. The van der Waals surface area contributed by atoms with Crippen LogP contribution in [0.1, 0.15) is 6.92 Å². The van der Waals surface area contributed by atoms with Crippen molar-refractivity contribution in [2.45, 2.75) is 18.6 Å². The molecule has 1 N–H and O–H groups in total. The summed E-state index contributed by atoms with van der Waals surface area (Å²) >= 11 is 13.7. The fourth-order valence-corrected chi connectivity index (χ4v) is 3.87. The maximum atomic E-state index is 12.3. The molecule has 28 heavy (non-hydrogen) atoms. The van der Waals surface area contributed by atoms with Gasteiger partial charge in [0.1, 0.15) is 5.75 Å². The first-order chi connectivity index (χ1) is 13.5. The molecule has 1 heterocycles. The first kappa shape index (κ1) is 20.5. The molecule has 6 nitrogen and oxygen atoms in total. The van der Waals surface area contributed by atoms with Gasteiger partial charge >= 0.3 is 0 Å². The quantitative estimate of drug-likeness (QED) is 0.527. The van der Waals surface area contributed by atoms with Crippen molar-refractivity contribution >= 4 is 46.6 Å². The van der Waals surface area contributed by atoms with Gasteiger partial charge in [0.15, 0.2) is 11.0 Å². The molecular weight excluding hydrogens is 419 g/mol. The third-order valence-electron chi connectivity index (χ3n) is 3.92. The molecule has 0 aliphatic heterocycles. The van der Waals surface area contributed by atoms with Gasteiger partial charge in [-0.15, -0.1) is 10.2 Å². The molecule has 2 aromatic carbocycles. The number of thioether (sulfide) groups is 1. The molecule has 0 aliphatic carbocycles. The Morgan fingerprint density at radius 3 is 2.64 bits per heavy atom. The van der Waals surface area contributed by atoms with Gasteiger partial charge < -0.3 is 14.6 Å². The van der Waals surface area contributed by atoms with E-state index in [2.05, 4.69) is 15.5 Å². The molecule has 0 spiro atoms. The van der Waals surface area contributed by atoms with Gasteiger partial charge in [0.2, 0.25) is 5.91 Å². The van der Waals surface area contributed by atoms with Crippen molar-refractivity contribution in [2.24, 2.45) is 0 Å². The standard InChI is InChI=1S/C19H18Cl2N4O2S/c1-3-25-18(13-6-4-5-7-14(13)20)23-24-19(25)28-11-17(26)22-12-8-9-16(27-2)15(21)10-12/h4-10H,3,11H2,1-2H3,(H,22,26). The van der Waals surface area contributed by atoms with Gasteiger partial charge in [0, 0.05) is 17.8 Å². The molecule has 9 heteroatoms. The second-order valence-corrected chi connectivity index (χ2v) is 7.47. The van der Waals surface area contributed by atoms with Crippen molar-refractivity contribution in [3.63, 3.8) is 0 Å². The zero-order valence-electron chi connectivity index (χ0n) is 15.3. The van der Waals surface area contributed by atoms with E-state index >= 15 is 0 Å². The number of carbonyl (C=O) groups is 1. The number of amides is 1. The van der Waals surface area contributed by atoms with E-state index in [0.717, 1.165) is 5.56 Å². The average Bonchev–Trinajstić information content (AvgIpc) is 3.09. The Labute approximate surface area is 177 Å². The van der Waals surface area contributed by atoms with E-state index < -0.39 is 0 Å². The maximum Gasteiger partial charge on any atom is 0.234 e. The van der Waals surface area contributed by atoms with Crippen LogP contribution in [-0.2, 0) is 11.3 Å². The van der Waals surface area contributed by atoms with Gasteiger partial charge in [-0.1, -0.05) is 47.1 Å². The van der Waals surface area contributed by atoms with Crippen molar-refractivity contribution in [3.05, 3.63) is 52.5 Å². The second-order valence-electron chi connectivity index (χ2n) is 5.72. The minimum absolute atomic E-state index is 0.170. The van der Waals surface area contributed by atoms with Gasteiger partial charge in [0.25, 0.3) is 0 Å². The van der Waals surface area contributed by atoms with Crippen molar-refractivity contribution < 1.29 is 9.53 Å². The van der Waals surface area contributed by atoms with Crippen LogP contribution in [-0.4, -0.2) is 33.5 Å². The molecule has 0 fully saturated rings. The molecule has 0 bridgehead atoms. The number of carbonyl (C=O) groups excluding carboxylic acids is 1. The summed E-state index contributed by atoms with van der Waals surface area (Å²) in [5.41, 5.74) is 1.41. The van der Waals surface area contributed by atoms with Crippen LogP contribution < -0.4 is 10.1 Å². The third-order valence-corrected chi connectivity index (χ3v) is 5.51. The molecule has 0 radical (unpaired) electrons. The minimum atomic E-state index is -0.170. The highest BCUT2D eigenvalue weighted by Crippen LogP contribution is 2.30. The van der Waals surface area contributed by atoms with Crippen molar-refractivity contribution in [3.8, 4) is 17.1 Å². The highest BCUT2D eigenvalue weighted by molar-refractivity contribution is 7.99. The molecule has 1 aromatic heterocycles. The fraction of sp³-hybridized carbons (Fsp3) is 0.211. The molecule has 1 amide bonds. The number of rotatable bonds is 7. The third kappa shape index (κ3) is 4.60. The number of hydrogen-bond donors (Lipinski definition) is 1. The lowest BCUT2D eigenvalue weighted by Crippen LogP contribution is -2.14. The van der Waals surface area contributed by atoms with Crippen molar-refractivity contribution in [1.82, 2.24) is 14.8 Å². The summed E-state index contributed by atoms with van der Waals surface area (Å²) in [6, 6.07) is 12.6. The summed E-state index contributed by atoms with van der Waals surface area (Å²) in [4.78, 5) is 12.3. The van der Waals surface area contributed by atoms with Crippen molar-refractivity contribution in [1.29, 1.82) is 0 Å². The topological polar surface area (TPSA) is 69.0 Å². The van der Waals surface area contributed by atoms with Gasteiger partial charge in [-0.05, 0) is 37.3 Å². The monoisotopic (exact) mass is 436 g/mol. The summed E-state index contributed by atoms with van der Waals surface area (Å²) in [6.07, 6.45) is 0. The Hall–Kier alpha value is -2.22. The predicted molar refractivity (Wildman–Crippen MR) is 113 cm³/mol. The number of hydrogen-bond acceptors (Lipinski definition) is 5. The second kappa shape index (κ2) is 9.32. The number of nitrogens with zero attached hydrogens (tertiary/aromatic N) is 3. The van der Waals surface area contributed by atoms with E-state index in [0.29, 0.717) is 39.0 Å². The molecule has 0 aliphatic rings. The molecule has 3 aromatic rings. The van der Waals surface area contributed by atoms with Crippen LogP contribution in [0, 0.1) is 0 Å². The lowest BCUT2D eigenvalue weighted by molar-refractivity contribution is -0.113. The molecule has 0 atom stereocenters. The van der Waals surface area contributed by atoms with E-state index in [9.17, 15) is 4.79 Å². The lowest BCUT2D eigenvalue weighted by atomic mass is 10.2. The highest BCUT2D eigenvalue weighted by Gasteiger charge is 2.16. The number of anilines is 1. The predicted octanol–water partition coefficient (Wildman–Crippen LogP) is 5.01. The average molecular weight is 437 g/mol. The van der Waals surface area contributed by atoms with Crippen LogP contribution >= 0.6 is 35.0 Å². The minimum Gasteiger partial charge on any atom is -0.495 e. The molecular formula is C19H18Cl2N4O2S. The van der Waals surface area contributed by atoms with E-state index in [-0.39, 0.29) is 11.7 Å². The first-order valence-corrected chi connectivity index (χ1v) is 10.2. The maximum absolute atomic E-state index is 12.3. The van der Waals surface area contributed by atoms with Crippen LogP contribution in [0.4, 0.5) is 5.69 Å². The molecule has 0 saturated carbocycles. The van der Waals surface area contributed by atoms with Crippen LogP contribution in [0.15, 0.2) is 47.6 Å². The Bertz CT molecular complexity index is 994.